The molecule has 0 amide bonds. The highest BCUT2D eigenvalue weighted by atomic mass is 79.9. The summed E-state index contributed by atoms with van der Waals surface area (Å²) in [5.74, 6) is 0.845. The van der Waals surface area contributed by atoms with Crippen molar-refractivity contribution in [2.45, 2.75) is 6.54 Å². The summed E-state index contributed by atoms with van der Waals surface area (Å²) in [4.78, 5) is 4.18. The smallest absolute Gasteiger partial charge is 0.141 e. The lowest BCUT2D eigenvalue weighted by Gasteiger charge is -2.10. The lowest BCUT2D eigenvalue weighted by molar-refractivity contribution is 0.416. The predicted octanol–water partition coefficient (Wildman–Crippen LogP) is 3.46. The van der Waals surface area contributed by atoms with Crippen molar-refractivity contribution in [1.82, 2.24) is 4.98 Å². The number of ether oxygens (including phenoxy) is 1. The summed E-state index contributed by atoms with van der Waals surface area (Å²) in [6.45, 7) is 0.723. The van der Waals surface area contributed by atoms with Crippen molar-refractivity contribution in [2.75, 3.05) is 12.4 Å². The van der Waals surface area contributed by atoms with Crippen LogP contribution < -0.4 is 10.1 Å². The van der Waals surface area contributed by atoms with E-state index >= 15 is 0 Å². The largest absolute Gasteiger partial charge is 0.495 e. The van der Waals surface area contributed by atoms with Crippen molar-refractivity contribution < 1.29 is 4.74 Å². The van der Waals surface area contributed by atoms with Crippen LogP contribution in [0.5, 0.6) is 5.75 Å². The average Bonchev–Trinajstić information content (AvgIpc) is 2.38. The molecule has 1 aromatic heterocycles. The molecule has 0 atom stereocenters. The van der Waals surface area contributed by atoms with E-state index in [0.29, 0.717) is 0 Å². The van der Waals surface area contributed by atoms with E-state index < -0.39 is 0 Å². The Labute approximate surface area is 109 Å². The van der Waals surface area contributed by atoms with Crippen LogP contribution in [0.1, 0.15) is 5.56 Å². The third kappa shape index (κ3) is 3.20. The Hall–Kier alpha value is -1.55. The molecule has 2 aromatic rings. The first-order valence-electron chi connectivity index (χ1n) is 5.27. The monoisotopic (exact) mass is 292 g/mol. The van der Waals surface area contributed by atoms with E-state index in [4.69, 9.17) is 4.74 Å². The molecule has 1 heterocycles. The van der Waals surface area contributed by atoms with Gasteiger partial charge in [0.25, 0.3) is 0 Å². The van der Waals surface area contributed by atoms with E-state index in [1.165, 1.54) is 0 Å². The van der Waals surface area contributed by atoms with Crippen LogP contribution in [0, 0.1) is 0 Å². The number of nitrogens with zero attached hydrogens (tertiary/aromatic N) is 1. The second-order valence-electron chi connectivity index (χ2n) is 3.54. The molecular weight excluding hydrogens is 280 g/mol. The standard InChI is InChI=1S/C13H13BrN2O/c1-17-12-5-3-2-4-11(12)15-8-10-6-7-13(14)16-9-10/h2-7,9,15H,8H2,1H3. The topological polar surface area (TPSA) is 34.1 Å². The van der Waals surface area contributed by atoms with Gasteiger partial charge in [-0.15, -0.1) is 0 Å². The molecule has 0 aliphatic heterocycles. The third-order valence-corrected chi connectivity index (χ3v) is 2.85. The number of nitrogens with one attached hydrogen (secondary N) is 1. The average molecular weight is 293 g/mol. The van der Waals surface area contributed by atoms with Gasteiger partial charge in [-0.25, -0.2) is 4.98 Å². The molecule has 0 saturated carbocycles. The highest BCUT2D eigenvalue weighted by Gasteiger charge is 2.00. The molecule has 0 fully saturated rings. The Morgan fingerprint density at radius 3 is 2.76 bits per heavy atom. The Balaban J connectivity index is 2.04. The number of hydrogen-bond donors (Lipinski definition) is 1. The minimum absolute atomic E-state index is 0.723. The number of methoxy groups -OCH3 is 1. The van der Waals surface area contributed by atoms with E-state index in [-0.39, 0.29) is 0 Å². The van der Waals surface area contributed by atoms with Crippen LogP contribution in [-0.2, 0) is 6.54 Å². The Morgan fingerprint density at radius 2 is 2.06 bits per heavy atom. The summed E-state index contributed by atoms with van der Waals surface area (Å²) in [7, 11) is 1.67. The van der Waals surface area contributed by atoms with Crippen molar-refractivity contribution in [3.63, 3.8) is 0 Å². The molecule has 88 valence electrons. The van der Waals surface area contributed by atoms with E-state index in [2.05, 4.69) is 26.2 Å². The SMILES string of the molecule is COc1ccccc1NCc1ccc(Br)nc1. The molecule has 4 heteroatoms. The minimum atomic E-state index is 0.723. The van der Waals surface area contributed by atoms with E-state index in [9.17, 15) is 0 Å². The molecule has 0 spiro atoms. The van der Waals surface area contributed by atoms with Gasteiger partial charge in [-0.1, -0.05) is 18.2 Å². The molecule has 0 bridgehead atoms. The van der Waals surface area contributed by atoms with Crippen LogP contribution >= 0.6 is 15.9 Å². The lowest BCUT2D eigenvalue weighted by Crippen LogP contribution is -2.01. The molecule has 0 radical (unpaired) electrons. The quantitative estimate of drug-likeness (QED) is 0.877. The maximum absolute atomic E-state index is 5.27. The molecule has 0 aliphatic rings. The van der Waals surface area contributed by atoms with Gasteiger partial charge >= 0.3 is 0 Å². The minimum Gasteiger partial charge on any atom is -0.495 e. The molecule has 0 unspecified atom stereocenters. The number of anilines is 1. The predicted molar refractivity (Wildman–Crippen MR) is 72.3 cm³/mol. The second kappa shape index (κ2) is 5.68. The van der Waals surface area contributed by atoms with Crippen LogP contribution in [0.25, 0.3) is 0 Å². The number of rotatable bonds is 4. The zero-order valence-corrected chi connectivity index (χ0v) is 11.1. The van der Waals surface area contributed by atoms with Gasteiger partial charge in [0, 0.05) is 12.7 Å². The highest BCUT2D eigenvalue weighted by molar-refractivity contribution is 9.10. The molecule has 1 N–H and O–H groups in total. The first-order chi connectivity index (χ1) is 8.29. The zero-order chi connectivity index (χ0) is 12.1. The van der Waals surface area contributed by atoms with E-state index in [1.54, 1.807) is 7.11 Å². The fourth-order valence-electron chi connectivity index (χ4n) is 1.50. The van der Waals surface area contributed by atoms with Gasteiger partial charge in [0.05, 0.1) is 12.8 Å². The summed E-state index contributed by atoms with van der Waals surface area (Å²) < 4.78 is 6.11. The van der Waals surface area contributed by atoms with E-state index in [1.807, 2.05) is 42.6 Å². The van der Waals surface area contributed by atoms with Crippen molar-refractivity contribution in [1.29, 1.82) is 0 Å². The van der Waals surface area contributed by atoms with Crippen LogP contribution in [0.3, 0.4) is 0 Å². The Morgan fingerprint density at radius 1 is 1.24 bits per heavy atom. The fourth-order valence-corrected chi connectivity index (χ4v) is 1.73. The number of halogens is 1. The highest BCUT2D eigenvalue weighted by Crippen LogP contribution is 2.23. The van der Waals surface area contributed by atoms with E-state index in [0.717, 1.165) is 28.1 Å². The molecule has 17 heavy (non-hydrogen) atoms. The van der Waals surface area contributed by atoms with Gasteiger partial charge in [0.2, 0.25) is 0 Å². The zero-order valence-electron chi connectivity index (χ0n) is 9.48. The molecule has 3 nitrogen and oxygen atoms in total. The van der Waals surface area contributed by atoms with Crippen molar-refractivity contribution in [3.05, 3.63) is 52.8 Å². The summed E-state index contributed by atoms with van der Waals surface area (Å²) in [6, 6.07) is 11.8. The summed E-state index contributed by atoms with van der Waals surface area (Å²) in [6.07, 6.45) is 1.84. The Bertz CT molecular complexity index is 485. The molecule has 0 aliphatic carbocycles. The molecular formula is C13H13BrN2O. The molecule has 2 rings (SSSR count). The normalized spacial score (nSPS) is 10.0. The maximum atomic E-state index is 5.27. The number of aromatic nitrogens is 1. The summed E-state index contributed by atoms with van der Waals surface area (Å²) in [5.41, 5.74) is 2.11. The van der Waals surface area contributed by atoms with Crippen molar-refractivity contribution in [2.24, 2.45) is 0 Å². The van der Waals surface area contributed by atoms with Crippen LogP contribution in [0.15, 0.2) is 47.2 Å². The maximum Gasteiger partial charge on any atom is 0.141 e. The summed E-state index contributed by atoms with van der Waals surface area (Å²) in [5, 5.41) is 3.32. The van der Waals surface area contributed by atoms with Crippen molar-refractivity contribution in [3.8, 4) is 5.75 Å². The molecule has 0 saturated heterocycles. The number of hydrogen-bond acceptors (Lipinski definition) is 3. The van der Waals surface area contributed by atoms with Crippen LogP contribution in [-0.4, -0.2) is 12.1 Å². The third-order valence-electron chi connectivity index (χ3n) is 2.38. The van der Waals surface area contributed by atoms with Crippen LogP contribution in [0.2, 0.25) is 0 Å². The summed E-state index contributed by atoms with van der Waals surface area (Å²) >= 11 is 3.31. The van der Waals surface area contributed by atoms with Gasteiger partial charge < -0.3 is 10.1 Å². The lowest BCUT2D eigenvalue weighted by atomic mass is 10.2. The van der Waals surface area contributed by atoms with Gasteiger partial charge in [-0.05, 0) is 39.7 Å². The first-order valence-corrected chi connectivity index (χ1v) is 6.06. The van der Waals surface area contributed by atoms with Gasteiger partial charge in [0.15, 0.2) is 0 Å². The van der Waals surface area contributed by atoms with Crippen LogP contribution in [0.4, 0.5) is 5.69 Å². The van der Waals surface area contributed by atoms with Crippen molar-refractivity contribution >= 4 is 21.6 Å². The fraction of sp³-hybridized carbons (Fsp3) is 0.154. The second-order valence-corrected chi connectivity index (χ2v) is 4.36. The molecule has 1 aromatic carbocycles. The van der Waals surface area contributed by atoms with Gasteiger partial charge in [-0.3, -0.25) is 0 Å². The first kappa shape index (κ1) is 11.9. The number of pyridine rings is 1. The Kier molecular flexibility index (Phi) is 3.98. The van der Waals surface area contributed by atoms with Gasteiger partial charge in [-0.2, -0.15) is 0 Å². The number of benzene rings is 1. The number of para-hydroxylation sites is 2. The van der Waals surface area contributed by atoms with Gasteiger partial charge in [0.1, 0.15) is 10.4 Å².